The molecule has 0 aromatic carbocycles. The Balaban J connectivity index is 2.38. The lowest BCUT2D eigenvalue weighted by molar-refractivity contribution is 0.404. The van der Waals surface area contributed by atoms with Crippen molar-refractivity contribution in [1.29, 1.82) is 0 Å². The smallest absolute Gasteiger partial charge is 0.128 e. The minimum absolute atomic E-state index is 0.295. The van der Waals surface area contributed by atoms with Crippen LogP contribution >= 0.6 is 15.9 Å². The molecule has 54 valence electrons. The molecular weight excluding hydrogens is 196 g/mol. The highest BCUT2D eigenvalue weighted by molar-refractivity contribution is 9.10. The Labute approximate surface area is 67.1 Å². The highest BCUT2D eigenvalue weighted by Crippen LogP contribution is 2.30. The second-order valence-corrected chi connectivity index (χ2v) is 3.15. The van der Waals surface area contributed by atoms with Gasteiger partial charge in [-0.2, -0.15) is 5.10 Å². The monoisotopic (exact) mass is 202 g/mol. The first kappa shape index (κ1) is 6.37. The lowest BCUT2D eigenvalue weighted by atomic mass is 10.3. The van der Waals surface area contributed by atoms with Crippen LogP contribution in [0.15, 0.2) is 10.7 Å². The average molecular weight is 203 g/mol. The number of hydrogen-bond acceptors (Lipinski definition) is 2. The topological polar surface area (TPSA) is 30.4 Å². The van der Waals surface area contributed by atoms with Crippen molar-refractivity contribution in [2.45, 2.75) is 6.10 Å². The maximum atomic E-state index is 5.11. The van der Waals surface area contributed by atoms with Crippen molar-refractivity contribution >= 4 is 15.9 Å². The zero-order chi connectivity index (χ0) is 7.14. The predicted molar refractivity (Wildman–Crippen MR) is 39.6 cm³/mol. The van der Waals surface area contributed by atoms with Crippen molar-refractivity contribution < 1.29 is 4.74 Å². The number of epoxide rings is 1. The van der Waals surface area contributed by atoms with Crippen molar-refractivity contribution in [1.82, 2.24) is 9.78 Å². The number of halogens is 1. The van der Waals surface area contributed by atoms with E-state index < -0.39 is 0 Å². The van der Waals surface area contributed by atoms with Crippen LogP contribution in [0, 0.1) is 0 Å². The van der Waals surface area contributed by atoms with Crippen LogP contribution in [0.4, 0.5) is 0 Å². The van der Waals surface area contributed by atoms with E-state index in [9.17, 15) is 0 Å². The average Bonchev–Trinajstić information content (AvgIpc) is 2.61. The molecule has 2 rings (SSSR count). The molecule has 1 saturated heterocycles. The quantitative estimate of drug-likeness (QED) is 0.643. The number of nitrogens with zero attached hydrogens (tertiary/aromatic N) is 2. The summed E-state index contributed by atoms with van der Waals surface area (Å²) in [6, 6.07) is 1.98. The van der Waals surface area contributed by atoms with E-state index in [1.807, 2.05) is 17.8 Å². The lowest BCUT2D eigenvalue weighted by Gasteiger charge is -1.92. The van der Waals surface area contributed by atoms with Crippen LogP contribution in [0.1, 0.15) is 11.8 Å². The fourth-order valence-electron chi connectivity index (χ4n) is 0.966. The maximum absolute atomic E-state index is 5.11. The van der Waals surface area contributed by atoms with E-state index in [0.717, 1.165) is 16.9 Å². The van der Waals surface area contributed by atoms with Gasteiger partial charge < -0.3 is 4.74 Å². The fourth-order valence-corrected chi connectivity index (χ4v) is 1.44. The van der Waals surface area contributed by atoms with E-state index in [0.29, 0.717) is 6.10 Å². The SMILES string of the molecule is Cn1nc(Br)cc1[C@@H]1CO1. The zero-order valence-electron chi connectivity index (χ0n) is 5.54. The molecule has 1 aromatic rings. The van der Waals surface area contributed by atoms with Crippen LogP contribution in [0.3, 0.4) is 0 Å². The third kappa shape index (κ3) is 0.973. The minimum atomic E-state index is 0.295. The highest BCUT2D eigenvalue weighted by atomic mass is 79.9. The summed E-state index contributed by atoms with van der Waals surface area (Å²) in [5.74, 6) is 0. The van der Waals surface area contributed by atoms with Crippen molar-refractivity contribution in [2.24, 2.45) is 7.05 Å². The largest absolute Gasteiger partial charge is 0.366 e. The Bertz CT molecular complexity index is 254. The molecule has 0 amide bonds. The van der Waals surface area contributed by atoms with Gasteiger partial charge in [0.05, 0.1) is 12.3 Å². The number of hydrogen-bond donors (Lipinski definition) is 0. The highest BCUT2D eigenvalue weighted by Gasteiger charge is 2.28. The molecule has 1 aromatic heterocycles. The van der Waals surface area contributed by atoms with Crippen molar-refractivity contribution in [3.05, 3.63) is 16.4 Å². The molecule has 0 saturated carbocycles. The van der Waals surface area contributed by atoms with Gasteiger partial charge in [-0.15, -0.1) is 0 Å². The summed E-state index contributed by atoms with van der Waals surface area (Å²) in [4.78, 5) is 0. The summed E-state index contributed by atoms with van der Waals surface area (Å²) in [6.45, 7) is 0.839. The van der Waals surface area contributed by atoms with E-state index in [4.69, 9.17) is 4.74 Å². The molecule has 0 bridgehead atoms. The second-order valence-electron chi connectivity index (χ2n) is 2.34. The molecule has 0 aliphatic carbocycles. The summed E-state index contributed by atoms with van der Waals surface area (Å²) in [6.07, 6.45) is 0.295. The normalized spacial score (nSPS) is 23.2. The van der Waals surface area contributed by atoms with Gasteiger partial charge in [-0.25, -0.2) is 0 Å². The Morgan fingerprint density at radius 3 is 3.00 bits per heavy atom. The molecule has 1 aliphatic rings. The van der Waals surface area contributed by atoms with Gasteiger partial charge in [0, 0.05) is 7.05 Å². The Morgan fingerprint density at radius 1 is 1.90 bits per heavy atom. The number of aromatic nitrogens is 2. The van der Waals surface area contributed by atoms with Gasteiger partial charge >= 0.3 is 0 Å². The minimum Gasteiger partial charge on any atom is -0.366 e. The molecule has 10 heavy (non-hydrogen) atoms. The van der Waals surface area contributed by atoms with Crippen molar-refractivity contribution in [3.8, 4) is 0 Å². The van der Waals surface area contributed by atoms with Gasteiger partial charge in [0.2, 0.25) is 0 Å². The summed E-state index contributed by atoms with van der Waals surface area (Å²) in [5, 5.41) is 4.13. The molecular formula is C6H7BrN2O. The van der Waals surface area contributed by atoms with E-state index >= 15 is 0 Å². The molecule has 0 unspecified atom stereocenters. The summed E-state index contributed by atoms with van der Waals surface area (Å²) in [7, 11) is 1.92. The lowest BCUT2D eigenvalue weighted by Crippen LogP contribution is -1.95. The van der Waals surface area contributed by atoms with Crippen LogP contribution in [-0.2, 0) is 11.8 Å². The molecule has 0 spiro atoms. The van der Waals surface area contributed by atoms with E-state index in [1.54, 1.807) is 0 Å². The Hall–Kier alpha value is -0.350. The van der Waals surface area contributed by atoms with Gasteiger partial charge in [-0.3, -0.25) is 4.68 Å². The van der Waals surface area contributed by atoms with Crippen LogP contribution in [0.25, 0.3) is 0 Å². The Morgan fingerprint density at radius 2 is 2.60 bits per heavy atom. The molecule has 2 heterocycles. The number of rotatable bonds is 1. The first-order valence-corrected chi connectivity index (χ1v) is 3.88. The molecule has 3 nitrogen and oxygen atoms in total. The number of ether oxygens (including phenoxy) is 1. The first-order chi connectivity index (χ1) is 4.77. The summed E-state index contributed by atoms with van der Waals surface area (Å²) >= 11 is 3.29. The van der Waals surface area contributed by atoms with Crippen molar-refractivity contribution in [3.63, 3.8) is 0 Å². The molecule has 0 N–H and O–H groups in total. The molecule has 1 fully saturated rings. The molecule has 4 heteroatoms. The standard InChI is InChI=1S/C6H7BrN2O/c1-9-4(5-3-10-5)2-6(7)8-9/h2,5H,3H2,1H3/t5-/m0/s1. The van der Waals surface area contributed by atoms with Gasteiger partial charge in [-0.05, 0) is 22.0 Å². The third-order valence-corrected chi connectivity index (χ3v) is 1.94. The van der Waals surface area contributed by atoms with Gasteiger partial charge in [0.1, 0.15) is 10.7 Å². The Kier molecular flexibility index (Phi) is 1.32. The van der Waals surface area contributed by atoms with Crippen LogP contribution in [0.2, 0.25) is 0 Å². The molecule has 0 radical (unpaired) electrons. The van der Waals surface area contributed by atoms with E-state index in [2.05, 4.69) is 21.0 Å². The van der Waals surface area contributed by atoms with Crippen LogP contribution in [-0.4, -0.2) is 16.4 Å². The number of aryl methyl sites for hydroxylation is 1. The second kappa shape index (κ2) is 2.07. The van der Waals surface area contributed by atoms with E-state index in [1.165, 1.54) is 0 Å². The molecule has 1 atom stereocenters. The van der Waals surface area contributed by atoms with Gasteiger partial charge in [0.25, 0.3) is 0 Å². The van der Waals surface area contributed by atoms with Crippen LogP contribution in [0.5, 0.6) is 0 Å². The zero-order valence-corrected chi connectivity index (χ0v) is 7.13. The predicted octanol–water partition coefficient (Wildman–Crippen LogP) is 1.25. The first-order valence-electron chi connectivity index (χ1n) is 3.08. The van der Waals surface area contributed by atoms with E-state index in [-0.39, 0.29) is 0 Å². The van der Waals surface area contributed by atoms with Crippen LogP contribution < -0.4 is 0 Å². The van der Waals surface area contributed by atoms with Crippen molar-refractivity contribution in [2.75, 3.05) is 6.61 Å². The summed E-state index contributed by atoms with van der Waals surface area (Å²) < 4.78 is 7.82. The maximum Gasteiger partial charge on any atom is 0.128 e. The fraction of sp³-hybridized carbons (Fsp3) is 0.500. The summed E-state index contributed by atoms with van der Waals surface area (Å²) in [5.41, 5.74) is 1.15. The van der Waals surface area contributed by atoms with Gasteiger partial charge in [0.15, 0.2) is 0 Å². The third-order valence-electron chi connectivity index (χ3n) is 1.55. The molecule has 1 aliphatic heterocycles. The van der Waals surface area contributed by atoms with Gasteiger partial charge in [-0.1, -0.05) is 0 Å².